The lowest BCUT2D eigenvalue weighted by Crippen LogP contribution is -2.51. The molecule has 0 aliphatic carbocycles. The minimum atomic E-state index is -0.463. The molecule has 0 aromatic rings. The molecule has 0 aromatic heterocycles. The number of nitrogens with two attached hydrogens (primary N) is 1. The van der Waals surface area contributed by atoms with Gasteiger partial charge in [0.15, 0.2) is 0 Å². The first-order valence-corrected chi connectivity index (χ1v) is 5.62. The Morgan fingerprint density at radius 1 is 1.12 bits per heavy atom. The molecular formula is C11H21N3O2. The maximum absolute atomic E-state index is 11.8. The molecule has 0 saturated carbocycles. The van der Waals surface area contributed by atoms with Gasteiger partial charge >= 0.3 is 0 Å². The van der Waals surface area contributed by atoms with Gasteiger partial charge in [-0.3, -0.25) is 9.59 Å². The number of rotatable bonds is 2. The number of carbonyl (C=O) groups is 2. The summed E-state index contributed by atoms with van der Waals surface area (Å²) in [6.45, 7) is 7.75. The largest absolute Gasteiger partial charge is 0.339 e. The van der Waals surface area contributed by atoms with Crippen LogP contribution in [-0.2, 0) is 9.59 Å². The molecule has 1 saturated heterocycles. The van der Waals surface area contributed by atoms with Gasteiger partial charge in [-0.15, -0.1) is 0 Å². The summed E-state index contributed by atoms with van der Waals surface area (Å²) in [5.74, 6) is 0.155. The van der Waals surface area contributed by atoms with Gasteiger partial charge in [-0.05, 0) is 13.8 Å². The van der Waals surface area contributed by atoms with Crippen molar-refractivity contribution in [3.8, 4) is 0 Å². The fraction of sp³-hybridized carbons (Fsp3) is 0.818. The summed E-state index contributed by atoms with van der Waals surface area (Å²) >= 11 is 0. The highest BCUT2D eigenvalue weighted by Crippen LogP contribution is 2.09. The number of hydrogen-bond acceptors (Lipinski definition) is 3. The molecule has 1 aliphatic rings. The predicted molar refractivity (Wildman–Crippen MR) is 61.7 cm³/mol. The minimum absolute atomic E-state index is 0.0752. The second-order valence-corrected chi connectivity index (χ2v) is 5.05. The van der Waals surface area contributed by atoms with Crippen molar-refractivity contribution in [3.63, 3.8) is 0 Å². The average molecular weight is 227 g/mol. The van der Waals surface area contributed by atoms with Crippen molar-refractivity contribution >= 4 is 11.8 Å². The molecule has 5 nitrogen and oxygen atoms in total. The van der Waals surface area contributed by atoms with Gasteiger partial charge < -0.3 is 15.5 Å². The first-order chi connectivity index (χ1) is 7.29. The van der Waals surface area contributed by atoms with Crippen LogP contribution in [0.5, 0.6) is 0 Å². The molecule has 92 valence electrons. The zero-order valence-electron chi connectivity index (χ0n) is 10.3. The maximum Gasteiger partial charge on any atom is 0.224 e. The Labute approximate surface area is 96.6 Å². The monoisotopic (exact) mass is 227 g/mol. The van der Waals surface area contributed by atoms with Gasteiger partial charge in [0.2, 0.25) is 11.8 Å². The molecule has 2 N–H and O–H groups in total. The van der Waals surface area contributed by atoms with Crippen LogP contribution >= 0.6 is 0 Å². The number of nitrogens with zero attached hydrogens (tertiary/aromatic N) is 2. The van der Waals surface area contributed by atoms with Crippen LogP contribution in [-0.4, -0.2) is 53.3 Å². The van der Waals surface area contributed by atoms with Crippen molar-refractivity contribution in [3.05, 3.63) is 0 Å². The first-order valence-electron chi connectivity index (χ1n) is 5.62. The summed E-state index contributed by atoms with van der Waals surface area (Å²) in [6, 6.07) is 0. The Balaban J connectivity index is 2.42. The van der Waals surface area contributed by atoms with Crippen molar-refractivity contribution < 1.29 is 9.59 Å². The van der Waals surface area contributed by atoms with Gasteiger partial charge in [0, 0.05) is 45.1 Å². The van der Waals surface area contributed by atoms with Crippen LogP contribution in [0.15, 0.2) is 0 Å². The number of hydrogen-bond donors (Lipinski definition) is 1. The molecular weight excluding hydrogens is 206 g/mol. The van der Waals surface area contributed by atoms with Gasteiger partial charge in [0.25, 0.3) is 0 Å². The van der Waals surface area contributed by atoms with Crippen molar-refractivity contribution in [1.29, 1.82) is 0 Å². The topological polar surface area (TPSA) is 66.6 Å². The van der Waals surface area contributed by atoms with E-state index in [-0.39, 0.29) is 11.8 Å². The van der Waals surface area contributed by atoms with E-state index in [1.807, 2.05) is 13.8 Å². The molecule has 0 spiro atoms. The van der Waals surface area contributed by atoms with Gasteiger partial charge in [0.05, 0.1) is 0 Å². The van der Waals surface area contributed by atoms with E-state index in [0.29, 0.717) is 32.6 Å². The van der Waals surface area contributed by atoms with E-state index in [0.717, 1.165) is 0 Å². The number of piperazine rings is 1. The standard InChI is InChI=1S/C11H21N3O2/c1-9(15)13-4-6-14(7-5-13)10(16)8-11(2,3)12/h4-8,12H2,1-3H3. The third-order valence-corrected chi connectivity index (χ3v) is 2.68. The fourth-order valence-electron chi connectivity index (χ4n) is 1.77. The molecule has 1 heterocycles. The van der Waals surface area contributed by atoms with Crippen LogP contribution < -0.4 is 5.73 Å². The third-order valence-electron chi connectivity index (χ3n) is 2.68. The Hall–Kier alpha value is -1.10. The molecule has 0 atom stereocenters. The molecule has 0 bridgehead atoms. The van der Waals surface area contributed by atoms with Crippen molar-refractivity contribution in [2.45, 2.75) is 32.7 Å². The number of carbonyl (C=O) groups excluding carboxylic acids is 2. The summed E-state index contributed by atoms with van der Waals surface area (Å²) in [5.41, 5.74) is 5.34. The zero-order valence-corrected chi connectivity index (χ0v) is 10.3. The van der Waals surface area contributed by atoms with Crippen molar-refractivity contribution in [2.75, 3.05) is 26.2 Å². The summed E-state index contributed by atoms with van der Waals surface area (Å²) in [5, 5.41) is 0. The molecule has 0 radical (unpaired) electrons. The highest BCUT2D eigenvalue weighted by atomic mass is 16.2. The van der Waals surface area contributed by atoms with Crippen molar-refractivity contribution in [1.82, 2.24) is 9.80 Å². The Morgan fingerprint density at radius 3 is 1.94 bits per heavy atom. The van der Waals surface area contributed by atoms with Crippen LogP contribution in [0.1, 0.15) is 27.2 Å². The van der Waals surface area contributed by atoms with Crippen LogP contribution in [0.4, 0.5) is 0 Å². The molecule has 5 heteroatoms. The summed E-state index contributed by atoms with van der Waals surface area (Å²) in [4.78, 5) is 26.5. The third kappa shape index (κ3) is 3.81. The second-order valence-electron chi connectivity index (χ2n) is 5.05. The lowest BCUT2D eigenvalue weighted by atomic mass is 10.0. The SMILES string of the molecule is CC(=O)N1CCN(C(=O)CC(C)(C)N)CC1. The van der Waals surface area contributed by atoms with E-state index in [4.69, 9.17) is 5.73 Å². The molecule has 0 aromatic carbocycles. The van der Waals surface area contributed by atoms with E-state index >= 15 is 0 Å². The Morgan fingerprint density at radius 2 is 1.56 bits per heavy atom. The van der Waals surface area contributed by atoms with Crippen LogP contribution in [0.25, 0.3) is 0 Å². The molecule has 16 heavy (non-hydrogen) atoms. The molecule has 2 amide bonds. The highest BCUT2D eigenvalue weighted by molar-refractivity contribution is 5.78. The van der Waals surface area contributed by atoms with Gasteiger partial charge in [0.1, 0.15) is 0 Å². The average Bonchev–Trinajstić information content (AvgIpc) is 2.15. The predicted octanol–water partition coefficient (Wildman–Crippen LogP) is -0.195. The van der Waals surface area contributed by atoms with E-state index in [1.165, 1.54) is 0 Å². The fourth-order valence-corrected chi connectivity index (χ4v) is 1.77. The van der Waals surface area contributed by atoms with E-state index < -0.39 is 5.54 Å². The second kappa shape index (κ2) is 4.82. The lowest BCUT2D eigenvalue weighted by Gasteiger charge is -2.35. The molecule has 1 fully saturated rings. The minimum Gasteiger partial charge on any atom is -0.339 e. The molecule has 0 unspecified atom stereocenters. The summed E-state index contributed by atoms with van der Waals surface area (Å²) in [7, 11) is 0. The first kappa shape index (κ1) is 13.0. The van der Waals surface area contributed by atoms with Gasteiger partial charge in [-0.2, -0.15) is 0 Å². The van der Waals surface area contributed by atoms with Gasteiger partial charge in [-0.25, -0.2) is 0 Å². The number of amides is 2. The Bertz CT molecular complexity index is 275. The van der Waals surface area contributed by atoms with Crippen LogP contribution in [0, 0.1) is 0 Å². The quantitative estimate of drug-likeness (QED) is 0.710. The summed E-state index contributed by atoms with van der Waals surface area (Å²) < 4.78 is 0. The molecule has 1 rings (SSSR count). The zero-order chi connectivity index (χ0) is 12.3. The van der Waals surface area contributed by atoms with E-state index in [2.05, 4.69) is 0 Å². The Kier molecular flexibility index (Phi) is 3.91. The highest BCUT2D eigenvalue weighted by Gasteiger charge is 2.25. The normalized spacial score (nSPS) is 17.5. The van der Waals surface area contributed by atoms with Crippen LogP contribution in [0.3, 0.4) is 0 Å². The van der Waals surface area contributed by atoms with Gasteiger partial charge in [-0.1, -0.05) is 0 Å². The lowest BCUT2D eigenvalue weighted by molar-refractivity contribution is -0.139. The summed E-state index contributed by atoms with van der Waals surface area (Å²) in [6.07, 6.45) is 0.354. The van der Waals surface area contributed by atoms with Crippen LogP contribution in [0.2, 0.25) is 0 Å². The van der Waals surface area contributed by atoms with E-state index in [9.17, 15) is 9.59 Å². The smallest absolute Gasteiger partial charge is 0.224 e. The van der Waals surface area contributed by atoms with Crippen molar-refractivity contribution in [2.24, 2.45) is 5.73 Å². The maximum atomic E-state index is 11.8. The van der Waals surface area contributed by atoms with E-state index in [1.54, 1.807) is 16.7 Å². The molecule has 1 aliphatic heterocycles.